The first kappa shape index (κ1) is 20.6. The molecule has 4 rings (SSSR count). The second-order valence-corrected chi connectivity index (χ2v) is 8.56. The predicted octanol–water partition coefficient (Wildman–Crippen LogP) is 3.77. The van der Waals surface area contributed by atoms with Crippen molar-refractivity contribution in [1.82, 2.24) is 5.32 Å². The Balaban J connectivity index is 1.43. The summed E-state index contributed by atoms with van der Waals surface area (Å²) in [6.07, 6.45) is 1.58. The first-order valence-electron chi connectivity index (χ1n) is 10.4. The molecule has 7 heteroatoms. The Kier molecular flexibility index (Phi) is 5.90. The number of fused-ring (bicyclic) bond motifs is 3. The Morgan fingerprint density at radius 3 is 2.70 bits per heavy atom. The number of amides is 2. The molecule has 1 fully saturated rings. The maximum absolute atomic E-state index is 13.2. The van der Waals surface area contributed by atoms with Crippen LogP contribution in [-0.2, 0) is 16.0 Å². The number of carbonyl (C=O) groups is 2. The molecule has 30 heavy (non-hydrogen) atoms. The van der Waals surface area contributed by atoms with E-state index in [1.807, 2.05) is 56.3 Å². The van der Waals surface area contributed by atoms with Crippen LogP contribution < -0.4 is 19.7 Å². The second kappa shape index (κ2) is 8.60. The van der Waals surface area contributed by atoms with Crippen LogP contribution in [0.4, 0.5) is 5.69 Å². The van der Waals surface area contributed by atoms with Gasteiger partial charge in [-0.05, 0) is 56.5 Å². The minimum atomic E-state index is -0.865. The van der Waals surface area contributed by atoms with Crippen LogP contribution in [0.1, 0.15) is 32.3 Å². The minimum Gasteiger partial charge on any atom is -0.490 e. The number of para-hydroxylation sites is 1. The van der Waals surface area contributed by atoms with Gasteiger partial charge in [0, 0.05) is 17.9 Å². The zero-order valence-electron chi connectivity index (χ0n) is 17.3. The molecule has 1 atom stereocenters. The van der Waals surface area contributed by atoms with Gasteiger partial charge in [0.15, 0.2) is 16.4 Å². The lowest BCUT2D eigenvalue weighted by atomic mass is 10.1. The molecule has 0 bridgehead atoms. The number of ether oxygens (including phenoxy) is 2. The van der Waals surface area contributed by atoms with Crippen molar-refractivity contribution in [2.45, 2.75) is 42.9 Å². The molecule has 2 heterocycles. The topological polar surface area (TPSA) is 67.9 Å². The van der Waals surface area contributed by atoms with Gasteiger partial charge in [0.2, 0.25) is 5.91 Å². The number of carbonyl (C=O) groups excluding carboxylic acids is 2. The smallest absolute Gasteiger partial charge is 0.257 e. The molecule has 1 unspecified atom stereocenters. The molecule has 0 aliphatic carbocycles. The number of nitrogens with zero attached hydrogens (tertiary/aromatic N) is 1. The number of thioether (sulfide) groups is 1. The molecule has 2 aromatic carbocycles. The van der Waals surface area contributed by atoms with Crippen molar-refractivity contribution in [1.29, 1.82) is 0 Å². The molecule has 0 radical (unpaired) electrons. The number of rotatable bonds is 8. The van der Waals surface area contributed by atoms with Gasteiger partial charge in [-0.2, -0.15) is 0 Å². The lowest BCUT2D eigenvalue weighted by Crippen LogP contribution is -2.52. The van der Waals surface area contributed by atoms with Gasteiger partial charge in [-0.25, -0.2) is 0 Å². The Morgan fingerprint density at radius 2 is 1.90 bits per heavy atom. The third-order valence-corrected chi connectivity index (χ3v) is 6.81. The molecule has 158 valence electrons. The van der Waals surface area contributed by atoms with Crippen molar-refractivity contribution in [3.8, 4) is 11.5 Å². The first-order chi connectivity index (χ1) is 14.6. The highest BCUT2D eigenvalue weighted by Gasteiger charge is 2.57. The highest BCUT2D eigenvalue weighted by molar-refractivity contribution is 8.02. The second-order valence-electron chi connectivity index (χ2n) is 7.24. The maximum Gasteiger partial charge on any atom is 0.257 e. The Labute approximate surface area is 180 Å². The van der Waals surface area contributed by atoms with E-state index < -0.39 is 4.87 Å². The largest absolute Gasteiger partial charge is 0.490 e. The predicted molar refractivity (Wildman–Crippen MR) is 117 cm³/mol. The van der Waals surface area contributed by atoms with Crippen LogP contribution in [0.5, 0.6) is 11.5 Å². The van der Waals surface area contributed by atoms with E-state index in [0.717, 1.165) is 27.6 Å². The maximum atomic E-state index is 13.2. The zero-order valence-corrected chi connectivity index (χ0v) is 18.1. The van der Waals surface area contributed by atoms with Crippen LogP contribution in [0.15, 0.2) is 47.4 Å². The Bertz CT molecular complexity index is 964. The fourth-order valence-corrected chi connectivity index (χ4v) is 5.44. The van der Waals surface area contributed by atoms with E-state index in [9.17, 15) is 9.59 Å². The van der Waals surface area contributed by atoms with Gasteiger partial charge in [0.25, 0.3) is 5.91 Å². The summed E-state index contributed by atoms with van der Waals surface area (Å²) in [6, 6.07) is 13.6. The van der Waals surface area contributed by atoms with Gasteiger partial charge >= 0.3 is 0 Å². The molecule has 1 saturated heterocycles. The third kappa shape index (κ3) is 3.62. The number of hydrogen-bond donors (Lipinski definition) is 1. The standard InChI is InChI=1S/C23H26N2O4S/c1-3-28-18-10-9-16(15-19(18)29-4-2)12-14-24-22(27)23-13-11-21(26)25(23)17-7-5-6-8-20(17)30-23/h5-10,15H,3-4,11-14H2,1-2H3,(H,24,27). The van der Waals surface area contributed by atoms with Crippen LogP contribution in [0.25, 0.3) is 0 Å². The van der Waals surface area contributed by atoms with Crippen molar-refractivity contribution >= 4 is 29.3 Å². The van der Waals surface area contributed by atoms with Crippen LogP contribution >= 0.6 is 11.8 Å². The van der Waals surface area contributed by atoms with E-state index >= 15 is 0 Å². The summed E-state index contributed by atoms with van der Waals surface area (Å²) in [5.74, 6) is 1.35. The quantitative estimate of drug-likeness (QED) is 0.696. The monoisotopic (exact) mass is 426 g/mol. The van der Waals surface area contributed by atoms with Gasteiger partial charge in [0.05, 0.1) is 18.9 Å². The van der Waals surface area contributed by atoms with Crippen LogP contribution in [0.3, 0.4) is 0 Å². The summed E-state index contributed by atoms with van der Waals surface area (Å²) in [5.41, 5.74) is 1.90. The summed E-state index contributed by atoms with van der Waals surface area (Å²) in [5, 5.41) is 3.06. The van der Waals surface area contributed by atoms with E-state index in [2.05, 4.69) is 5.32 Å². The average molecular weight is 427 g/mol. The SMILES string of the molecule is CCOc1ccc(CCNC(=O)C23CCC(=O)N2c2ccccc2S3)cc1OCC. The fourth-order valence-electron chi connectivity index (χ4n) is 4.01. The van der Waals surface area contributed by atoms with Crippen LogP contribution in [0, 0.1) is 0 Å². The molecule has 1 N–H and O–H groups in total. The lowest BCUT2D eigenvalue weighted by molar-refractivity contribution is -0.124. The van der Waals surface area contributed by atoms with Gasteiger partial charge in [-0.3, -0.25) is 14.5 Å². The average Bonchev–Trinajstić information content (AvgIpc) is 3.26. The number of nitrogens with one attached hydrogen (secondary N) is 1. The van der Waals surface area contributed by atoms with Crippen LogP contribution in [0.2, 0.25) is 0 Å². The van der Waals surface area contributed by atoms with E-state index in [4.69, 9.17) is 9.47 Å². The van der Waals surface area contributed by atoms with Gasteiger partial charge in [-0.15, -0.1) is 0 Å². The Hall–Kier alpha value is -2.67. The van der Waals surface area contributed by atoms with E-state index in [-0.39, 0.29) is 11.8 Å². The molecular weight excluding hydrogens is 400 g/mol. The third-order valence-electron chi connectivity index (χ3n) is 5.34. The highest BCUT2D eigenvalue weighted by Crippen LogP contribution is 2.55. The molecule has 2 aliphatic rings. The first-order valence-corrected chi connectivity index (χ1v) is 11.2. The van der Waals surface area contributed by atoms with E-state index in [0.29, 0.717) is 39.0 Å². The van der Waals surface area contributed by atoms with Crippen molar-refractivity contribution in [3.05, 3.63) is 48.0 Å². The van der Waals surface area contributed by atoms with Gasteiger partial charge in [0.1, 0.15) is 0 Å². The van der Waals surface area contributed by atoms with Crippen molar-refractivity contribution in [3.63, 3.8) is 0 Å². The number of benzene rings is 2. The normalized spacial score (nSPS) is 19.4. The summed E-state index contributed by atoms with van der Waals surface area (Å²) >= 11 is 1.49. The van der Waals surface area contributed by atoms with Gasteiger partial charge < -0.3 is 14.8 Å². The highest BCUT2D eigenvalue weighted by atomic mass is 32.2. The summed E-state index contributed by atoms with van der Waals surface area (Å²) in [4.78, 5) is 27.5. The van der Waals surface area contributed by atoms with Crippen molar-refractivity contribution in [2.75, 3.05) is 24.7 Å². The molecule has 0 spiro atoms. The summed E-state index contributed by atoms with van der Waals surface area (Å²) < 4.78 is 11.3. The number of anilines is 1. The van der Waals surface area contributed by atoms with Crippen LogP contribution in [-0.4, -0.2) is 36.4 Å². The molecule has 0 saturated carbocycles. The Morgan fingerprint density at radius 1 is 1.13 bits per heavy atom. The molecule has 2 aromatic rings. The summed E-state index contributed by atoms with van der Waals surface area (Å²) in [6.45, 7) is 5.50. The van der Waals surface area contributed by atoms with E-state index in [1.54, 1.807) is 4.90 Å². The lowest BCUT2D eigenvalue weighted by Gasteiger charge is -2.29. The summed E-state index contributed by atoms with van der Waals surface area (Å²) in [7, 11) is 0. The minimum absolute atomic E-state index is 0.00969. The molecule has 6 nitrogen and oxygen atoms in total. The molecule has 0 aromatic heterocycles. The van der Waals surface area contributed by atoms with E-state index in [1.165, 1.54) is 11.8 Å². The van der Waals surface area contributed by atoms with Gasteiger partial charge in [-0.1, -0.05) is 30.0 Å². The molecular formula is C23H26N2O4S. The fraction of sp³-hybridized carbons (Fsp3) is 0.391. The zero-order chi connectivity index (χ0) is 21.1. The number of hydrogen-bond acceptors (Lipinski definition) is 5. The molecule has 2 amide bonds. The van der Waals surface area contributed by atoms with Crippen molar-refractivity contribution < 1.29 is 19.1 Å². The van der Waals surface area contributed by atoms with Crippen molar-refractivity contribution in [2.24, 2.45) is 0 Å². The molecule has 2 aliphatic heterocycles.